The number of carbonyl (C=O) groups excluding carboxylic acids is 2. The molecule has 132 valence electrons. The quantitative estimate of drug-likeness (QED) is 0.409. The number of rotatable bonds is 0. The second-order valence-electron chi connectivity index (χ2n) is 8.71. The van der Waals surface area contributed by atoms with Gasteiger partial charge in [0.05, 0.1) is 0 Å². The van der Waals surface area contributed by atoms with Gasteiger partial charge in [0.1, 0.15) is 10.8 Å². The van der Waals surface area contributed by atoms with Gasteiger partial charge in [-0.3, -0.25) is 9.59 Å². The Bertz CT molecular complexity index is 967. The molecular formula is C24H18O3. The molecule has 4 bridgehead atoms. The van der Waals surface area contributed by atoms with Crippen molar-refractivity contribution in [2.75, 3.05) is 0 Å². The molecule has 3 heteroatoms. The van der Waals surface area contributed by atoms with Crippen molar-refractivity contribution >= 4 is 11.9 Å². The third kappa shape index (κ3) is 1.19. The van der Waals surface area contributed by atoms with Gasteiger partial charge < -0.3 is 4.74 Å². The molecule has 7 aliphatic rings. The Morgan fingerprint density at radius 2 is 1.04 bits per heavy atom. The predicted octanol–water partition coefficient (Wildman–Crippen LogP) is 3.93. The summed E-state index contributed by atoms with van der Waals surface area (Å²) < 4.78 is 5.54. The second-order valence-corrected chi connectivity index (χ2v) is 8.71. The Kier molecular flexibility index (Phi) is 2.26. The highest BCUT2D eigenvalue weighted by molar-refractivity contribution is 6.06. The van der Waals surface area contributed by atoms with Crippen LogP contribution in [0.15, 0.2) is 60.7 Å². The molecular weight excluding hydrogens is 336 g/mol. The third-order valence-corrected chi connectivity index (χ3v) is 8.23. The summed E-state index contributed by atoms with van der Waals surface area (Å²) in [7, 11) is 0. The van der Waals surface area contributed by atoms with Crippen LogP contribution >= 0.6 is 0 Å². The predicted molar refractivity (Wildman–Crippen MR) is 97.9 cm³/mol. The highest BCUT2D eigenvalue weighted by Gasteiger charge is 2.84. The van der Waals surface area contributed by atoms with Crippen LogP contribution < -0.4 is 0 Å². The van der Waals surface area contributed by atoms with Crippen molar-refractivity contribution < 1.29 is 14.3 Å². The van der Waals surface area contributed by atoms with Crippen LogP contribution in [0.3, 0.4) is 0 Å². The average molecular weight is 354 g/mol. The van der Waals surface area contributed by atoms with Crippen LogP contribution in [0.25, 0.3) is 0 Å². The lowest BCUT2D eigenvalue weighted by atomic mass is 9.32. The van der Waals surface area contributed by atoms with Crippen LogP contribution in [0.4, 0.5) is 0 Å². The van der Waals surface area contributed by atoms with Gasteiger partial charge in [-0.25, -0.2) is 0 Å². The highest BCUT2D eigenvalue weighted by Crippen LogP contribution is 2.80. The number of cyclic esters (lactones) is 2. The van der Waals surface area contributed by atoms with Crippen LogP contribution in [0.5, 0.6) is 0 Å². The molecule has 3 nitrogen and oxygen atoms in total. The first-order valence-corrected chi connectivity index (χ1v) is 9.85. The van der Waals surface area contributed by atoms with E-state index >= 15 is 0 Å². The Balaban J connectivity index is 1.72. The van der Waals surface area contributed by atoms with Gasteiger partial charge in [-0.15, -0.1) is 0 Å². The summed E-state index contributed by atoms with van der Waals surface area (Å²) in [5.41, 5.74) is 3.28. The SMILES string of the molecule is O=C1OC(=O)[C@]23C4c5ccccc5C(c5ccccc54)[C@]12[C@H]1C=C[C@@H]3CC1. The molecule has 0 radical (unpaired) electrons. The zero-order valence-electron chi connectivity index (χ0n) is 14.7. The number of hydrogen-bond donors (Lipinski definition) is 0. The molecule has 6 aliphatic carbocycles. The van der Waals surface area contributed by atoms with Gasteiger partial charge in [-0.2, -0.15) is 0 Å². The van der Waals surface area contributed by atoms with E-state index in [2.05, 4.69) is 60.7 Å². The normalized spacial score (nSPS) is 41.6. The maximum Gasteiger partial charge on any atom is 0.322 e. The molecule has 0 amide bonds. The first-order valence-electron chi connectivity index (χ1n) is 9.85. The molecule has 1 heterocycles. The first-order chi connectivity index (χ1) is 13.2. The number of ether oxygens (including phenoxy) is 1. The van der Waals surface area contributed by atoms with Gasteiger partial charge >= 0.3 is 11.9 Å². The van der Waals surface area contributed by atoms with Crippen LogP contribution in [0.2, 0.25) is 0 Å². The minimum atomic E-state index is -0.783. The van der Waals surface area contributed by atoms with Crippen LogP contribution in [0.1, 0.15) is 46.9 Å². The summed E-state index contributed by atoms with van der Waals surface area (Å²) >= 11 is 0. The Hall–Kier alpha value is -2.68. The molecule has 0 spiro atoms. The number of esters is 2. The van der Waals surface area contributed by atoms with Gasteiger partial charge in [0.2, 0.25) is 0 Å². The molecule has 9 rings (SSSR count). The third-order valence-electron chi connectivity index (χ3n) is 8.23. The monoisotopic (exact) mass is 354 g/mol. The Morgan fingerprint density at radius 3 is 1.37 bits per heavy atom. The van der Waals surface area contributed by atoms with E-state index in [9.17, 15) is 9.59 Å². The standard InChI is InChI=1S/C24H18O3/c25-21-23-13-9-11-14(12-10-13)24(23,22(26)27-21)20-16-6-2-1-5-15(16)19(23)17-7-3-4-8-18(17)20/h1-9,11,13-14,19-20H,10,12H2/t13-,14+,19?,20?,23+,24-. The molecule has 1 aliphatic heterocycles. The largest absolute Gasteiger partial charge is 0.392 e. The van der Waals surface area contributed by atoms with E-state index < -0.39 is 10.8 Å². The minimum Gasteiger partial charge on any atom is -0.392 e. The molecule has 0 unspecified atom stereocenters. The van der Waals surface area contributed by atoms with E-state index in [0.717, 1.165) is 12.8 Å². The molecule has 1 saturated carbocycles. The zero-order valence-corrected chi connectivity index (χ0v) is 14.7. The molecule has 2 fully saturated rings. The number of hydrogen-bond acceptors (Lipinski definition) is 3. The maximum absolute atomic E-state index is 13.5. The smallest absolute Gasteiger partial charge is 0.322 e. The second kappa shape index (κ2) is 4.24. The average Bonchev–Trinajstić information content (AvgIpc) is 2.99. The summed E-state index contributed by atoms with van der Waals surface area (Å²) in [6, 6.07) is 16.8. The summed E-state index contributed by atoms with van der Waals surface area (Å²) in [5, 5.41) is 0. The van der Waals surface area contributed by atoms with Gasteiger partial charge in [-0.1, -0.05) is 60.7 Å². The fourth-order valence-electron chi connectivity index (χ4n) is 7.62. The van der Waals surface area contributed by atoms with E-state index in [1.807, 2.05) is 0 Å². The van der Waals surface area contributed by atoms with Gasteiger partial charge in [0.15, 0.2) is 0 Å². The van der Waals surface area contributed by atoms with E-state index in [1.165, 1.54) is 22.3 Å². The summed E-state index contributed by atoms with van der Waals surface area (Å²) in [5.74, 6) is -0.652. The lowest BCUT2D eigenvalue weighted by molar-refractivity contribution is -0.161. The highest BCUT2D eigenvalue weighted by atomic mass is 16.6. The lowest BCUT2D eigenvalue weighted by Crippen LogP contribution is -2.67. The summed E-state index contributed by atoms with van der Waals surface area (Å²) in [6.45, 7) is 0. The Labute approximate surface area is 157 Å². The first kappa shape index (κ1) is 14.4. The fourth-order valence-corrected chi connectivity index (χ4v) is 7.62. The van der Waals surface area contributed by atoms with E-state index in [0.29, 0.717) is 0 Å². The van der Waals surface area contributed by atoms with Crippen molar-refractivity contribution in [3.8, 4) is 0 Å². The number of allylic oxidation sites excluding steroid dienone is 2. The van der Waals surface area contributed by atoms with Crippen molar-refractivity contribution in [2.24, 2.45) is 22.7 Å². The van der Waals surface area contributed by atoms with Gasteiger partial charge in [-0.05, 0) is 46.9 Å². The molecule has 27 heavy (non-hydrogen) atoms. The molecule has 0 N–H and O–H groups in total. The van der Waals surface area contributed by atoms with E-state index in [1.54, 1.807) is 0 Å². The molecule has 2 aromatic rings. The zero-order chi connectivity index (χ0) is 18.0. The lowest BCUT2D eigenvalue weighted by Gasteiger charge is -2.66. The van der Waals surface area contributed by atoms with Crippen LogP contribution in [-0.2, 0) is 14.3 Å². The number of benzene rings is 2. The van der Waals surface area contributed by atoms with Crippen molar-refractivity contribution in [3.05, 3.63) is 82.9 Å². The molecule has 1 saturated heterocycles. The van der Waals surface area contributed by atoms with Crippen molar-refractivity contribution in [2.45, 2.75) is 24.7 Å². The number of fused-ring (bicyclic) bond motifs is 1. The summed E-state index contributed by atoms with van der Waals surface area (Å²) in [4.78, 5) is 27.0. The minimum absolute atomic E-state index is 0.0654. The van der Waals surface area contributed by atoms with Crippen LogP contribution in [0, 0.1) is 22.7 Å². The van der Waals surface area contributed by atoms with Crippen molar-refractivity contribution in [1.29, 1.82) is 0 Å². The maximum atomic E-state index is 13.5. The van der Waals surface area contributed by atoms with E-state index in [4.69, 9.17) is 4.74 Å². The fraction of sp³-hybridized carbons (Fsp3) is 0.333. The van der Waals surface area contributed by atoms with Crippen molar-refractivity contribution in [1.82, 2.24) is 0 Å². The molecule has 2 aromatic carbocycles. The van der Waals surface area contributed by atoms with Gasteiger partial charge in [0, 0.05) is 11.8 Å². The van der Waals surface area contributed by atoms with Gasteiger partial charge in [0.25, 0.3) is 0 Å². The number of carbonyl (C=O) groups is 2. The summed E-state index contributed by atoms with van der Waals surface area (Å²) in [6.07, 6.45) is 6.33. The molecule has 0 aromatic heterocycles. The topological polar surface area (TPSA) is 43.4 Å². The molecule has 4 atom stereocenters. The van der Waals surface area contributed by atoms with Crippen molar-refractivity contribution in [3.63, 3.8) is 0 Å². The van der Waals surface area contributed by atoms with E-state index in [-0.39, 0.29) is 35.6 Å². The van der Waals surface area contributed by atoms with Crippen LogP contribution in [-0.4, -0.2) is 11.9 Å². The Morgan fingerprint density at radius 1 is 0.667 bits per heavy atom.